The summed E-state index contributed by atoms with van der Waals surface area (Å²) >= 11 is 0. The lowest BCUT2D eigenvalue weighted by Gasteiger charge is -2.14. The molecule has 0 spiro atoms. The monoisotopic (exact) mass is 403 g/mol. The number of nitrogens with one attached hydrogen (secondary N) is 2. The van der Waals surface area contributed by atoms with Gasteiger partial charge in [-0.1, -0.05) is 0 Å². The molecule has 2 N–H and O–H groups in total. The number of nitrogens with zero attached hydrogens (tertiary/aromatic N) is 1. The molecule has 8 nitrogen and oxygen atoms in total. The molecule has 2 aromatic rings. The van der Waals surface area contributed by atoms with Gasteiger partial charge in [0, 0.05) is 39.8 Å². The molecule has 0 heterocycles. The minimum absolute atomic E-state index is 0.137. The quantitative estimate of drug-likeness (QED) is 0.516. The lowest BCUT2D eigenvalue weighted by atomic mass is 10.1. The Labute approximate surface area is 164 Å². The Morgan fingerprint density at radius 2 is 2.00 bits per heavy atom. The molecule has 9 heteroatoms. The number of nitro benzene ring substituents is 1. The minimum atomic E-state index is -1.12. The number of aryl methyl sites for hydroxylation is 1. The van der Waals surface area contributed by atoms with Gasteiger partial charge in [0.05, 0.1) is 22.8 Å². The largest absolute Gasteiger partial charge is 0.354 e. The summed E-state index contributed by atoms with van der Waals surface area (Å²) in [6.45, 7) is 2.28. The molecule has 1 amide bonds. The van der Waals surface area contributed by atoms with E-state index in [1.807, 2.05) is 6.92 Å². The van der Waals surface area contributed by atoms with Crippen molar-refractivity contribution in [3.63, 3.8) is 0 Å². The first-order chi connectivity index (χ1) is 13.3. The Kier molecular flexibility index (Phi) is 6.05. The first-order valence-corrected chi connectivity index (χ1v) is 10.3. The van der Waals surface area contributed by atoms with Gasteiger partial charge in [-0.25, -0.2) is 5.48 Å². The van der Waals surface area contributed by atoms with Crippen molar-refractivity contribution >= 4 is 33.8 Å². The van der Waals surface area contributed by atoms with E-state index in [2.05, 4.69) is 10.8 Å². The van der Waals surface area contributed by atoms with Gasteiger partial charge in [-0.15, -0.1) is 0 Å². The van der Waals surface area contributed by atoms with E-state index in [0.717, 1.165) is 18.4 Å². The number of carbonyl (C=O) groups excluding carboxylic acids is 1. The Morgan fingerprint density at radius 1 is 1.25 bits per heavy atom. The summed E-state index contributed by atoms with van der Waals surface area (Å²) in [4.78, 5) is 29.0. The third-order valence-electron chi connectivity index (χ3n) is 4.44. The molecule has 1 atom stereocenters. The molecule has 0 bridgehead atoms. The molecule has 0 saturated heterocycles. The number of amides is 1. The predicted molar refractivity (Wildman–Crippen MR) is 106 cm³/mol. The average Bonchev–Trinajstić information content (AvgIpc) is 3.47. The van der Waals surface area contributed by atoms with Crippen molar-refractivity contribution in [1.82, 2.24) is 5.48 Å². The number of hydrogen-bond donors (Lipinski definition) is 2. The fourth-order valence-electron chi connectivity index (χ4n) is 2.61. The molecule has 148 valence electrons. The zero-order valence-electron chi connectivity index (χ0n) is 15.6. The minimum Gasteiger partial charge on any atom is -0.354 e. The zero-order valence-corrected chi connectivity index (χ0v) is 16.4. The van der Waals surface area contributed by atoms with Crippen LogP contribution in [0.1, 0.15) is 28.8 Å². The number of nitro groups is 1. The lowest BCUT2D eigenvalue weighted by molar-refractivity contribution is -0.384. The van der Waals surface area contributed by atoms with Crippen LogP contribution in [0, 0.1) is 23.0 Å². The maximum atomic E-state index is 12.5. The van der Waals surface area contributed by atoms with E-state index in [9.17, 15) is 19.1 Å². The number of non-ortho nitro benzene ring substituents is 1. The van der Waals surface area contributed by atoms with Crippen molar-refractivity contribution in [2.45, 2.75) is 24.7 Å². The predicted octanol–water partition coefficient (Wildman–Crippen LogP) is 3.46. The second-order valence-electron chi connectivity index (χ2n) is 6.73. The summed E-state index contributed by atoms with van der Waals surface area (Å²) in [6, 6.07) is 9.19. The molecule has 2 aromatic carbocycles. The highest BCUT2D eigenvalue weighted by atomic mass is 32.2. The standard InChI is InChI=1S/C19H21N3O5S/c1-12-9-15(28(2)26)6-8-17(12)20-18-10-14(22(24)25)5-7-16(18)19(23)21-27-11-13-3-4-13/h5-10,13,20H,3-4,11H2,1-2H3,(H,21,23). The number of rotatable bonds is 8. The number of hydrogen-bond acceptors (Lipinski definition) is 6. The van der Waals surface area contributed by atoms with Crippen LogP contribution >= 0.6 is 0 Å². The summed E-state index contributed by atoms with van der Waals surface area (Å²) in [6.07, 6.45) is 3.78. The van der Waals surface area contributed by atoms with Gasteiger partial charge in [0.15, 0.2) is 0 Å². The maximum Gasteiger partial charge on any atom is 0.276 e. The molecular weight excluding hydrogens is 382 g/mol. The fraction of sp³-hybridized carbons (Fsp3) is 0.316. The normalized spacial score (nSPS) is 14.4. The molecule has 1 unspecified atom stereocenters. The maximum absolute atomic E-state index is 12.5. The first-order valence-electron chi connectivity index (χ1n) is 8.77. The Bertz CT molecular complexity index is 943. The molecule has 0 radical (unpaired) electrons. The van der Waals surface area contributed by atoms with Crippen LogP contribution in [0.4, 0.5) is 17.1 Å². The van der Waals surface area contributed by atoms with E-state index in [1.165, 1.54) is 18.2 Å². The van der Waals surface area contributed by atoms with Gasteiger partial charge in [-0.2, -0.15) is 0 Å². The van der Waals surface area contributed by atoms with Crippen LogP contribution in [0.3, 0.4) is 0 Å². The van der Waals surface area contributed by atoms with Gasteiger partial charge in [0.2, 0.25) is 0 Å². The molecule has 1 fully saturated rings. The van der Waals surface area contributed by atoms with Gasteiger partial charge >= 0.3 is 0 Å². The highest BCUT2D eigenvalue weighted by Gasteiger charge is 2.23. The van der Waals surface area contributed by atoms with Crippen LogP contribution in [0.5, 0.6) is 0 Å². The number of hydroxylamine groups is 1. The van der Waals surface area contributed by atoms with Crippen molar-refractivity contribution < 1.29 is 18.8 Å². The number of benzene rings is 2. The van der Waals surface area contributed by atoms with E-state index in [4.69, 9.17) is 4.84 Å². The summed E-state index contributed by atoms with van der Waals surface area (Å²) in [5.74, 6) is 0.00187. The summed E-state index contributed by atoms with van der Waals surface area (Å²) < 4.78 is 11.6. The summed E-state index contributed by atoms with van der Waals surface area (Å²) in [5.41, 5.74) is 4.23. The van der Waals surface area contributed by atoms with Gasteiger partial charge in [-0.3, -0.25) is 24.0 Å². The molecule has 0 aromatic heterocycles. The molecular formula is C19H21N3O5S. The summed E-state index contributed by atoms with van der Waals surface area (Å²) in [5, 5.41) is 14.2. The highest BCUT2D eigenvalue weighted by Crippen LogP contribution is 2.30. The van der Waals surface area contributed by atoms with E-state index in [0.29, 0.717) is 23.1 Å². The lowest BCUT2D eigenvalue weighted by Crippen LogP contribution is -2.25. The zero-order chi connectivity index (χ0) is 20.3. The third-order valence-corrected chi connectivity index (χ3v) is 5.36. The van der Waals surface area contributed by atoms with Crippen molar-refractivity contribution in [3.8, 4) is 0 Å². The van der Waals surface area contributed by atoms with E-state index in [1.54, 1.807) is 24.5 Å². The van der Waals surface area contributed by atoms with Gasteiger partial charge in [-0.05, 0) is 55.5 Å². The highest BCUT2D eigenvalue weighted by molar-refractivity contribution is 7.84. The van der Waals surface area contributed by atoms with Gasteiger partial charge in [0.1, 0.15) is 0 Å². The van der Waals surface area contributed by atoms with Crippen LogP contribution in [-0.2, 0) is 15.6 Å². The van der Waals surface area contributed by atoms with Crippen LogP contribution < -0.4 is 10.8 Å². The van der Waals surface area contributed by atoms with E-state index < -0.39 is 21.6 Å². The number of carbonyl (C=O) groups is 1. The van der Waals surface area contributed by atoms with Crippen molar-refractivity contribution in [1.29, 1.82) is 0 Å². The Morgan fingerprint density at radius 3 is 2.61 bits per heavy atom. The molecule has 28 heavy (non-hydrogen) atoms. The van der Waals surface area contributed by atoms with E-state index in [-0.39, 0.29) is 16.9 Å². The Hall–Kier alpha value is -2.78. The SMILES string of the molecule is Cc1cc(S(C)=O)ccc1Nc1cc([N+](=O)[O-])ccc1C(=O)NOCC1CC1. The van der Waals surface area contributed by atoms with Crippen molar-refractivity contribution in [2.75, 3.05) is 18.2 Å². The second-order valence-corrected chi connectivity index (χ2v) is 8.11. The first kappa shape index (κ1) is 20.0. The summed E-state index contributed by atoms with van der Waals surface area (Å²) in [7, 11) is -1.12. The van der Waals surface area contributed by atoms with Crippen LogP contribution in [-0.4, -0.2) is 27.9 Å². The Balaban J connectivity index is 1.86. The molecule has 3 rings (SSSR count). The smallest absolute Gasteiger partial charge is 0.276 e. The fourth-order valence-corrected chi connectivity index (χ4v) is 3.21. The van der Waals surface area contributed by atoms with Gasteiger partial charge < -0.3 is 5.32 Å². The van der Waals surface area contributed by atoms with Crippen molar-refractivity contribution in [3.05, 3.63) is 57.6 Å². The average molecular weight is 403 g/mol. The van der Waals surface area contributed by atoms with E-state index >= 15 is 0 Å². The van der Waals surface area contributed by atoms with Gasteiger partial charge in [0.25, 0.3) is 11.6 Å². The molecule has 0 aliphatic heterocycles. The number of anilines is 2. The molecule has 1 aliphatic rings. The second kappa shape index (κ2) is 8.49. The van der Waals surface area contributed by atoms with Crippen molar-refractivity contribution in [2.24, 2.45) is 5.92 Å². The van der Waals surface area contributed by atoms with Crippen LogP contribution in [0.2, 0.25) is 0 Å². The third kappa shape index (κ3) is 4.93. The van der Waals surface area contributed by atoms with Crippen LogP contribution in [0.15, 0.2) is 41.3 Å². The van der Waals surface area contributed by atoms with Crippen LogP contribution in [0.25, 0.3) is 0 Å². The molecule has 1 saturated carbocycles. The topological polar surface area (TPSA) is 111 Å². The molecule has 1 aliphatic carbocycles.